The molecule has 2 amide bonds. The lowest BCUT2D eigenvalue weighted by Gasteiger charge is -2.14. The normalized spacial score (nSPS) is 14.0. The number of hydrogen-bond acceptors (Lipinski definition) is 4. The summed E-state index contributed by atoms with van der Waals surface area (Å²) in [6, 6.07) is 18.7. The highest BCUT2D eigenvalue weighted by Crippen LogP contribution is 2.22. The predicted octanol–water partition coefficient (Wildman–Crippen LogP) is 3.89. The number of nitrogens with one attached hydrogen (secondary N) is 2. The van der Waals surface area contributed by atoms with Crippen molar-refractivity contribution in [2.45, 2.75) is 19.6 Å². The van der Waals surface area contributed by atoms with Gasteiger partial charge in [0.2, 0.25) is 0 Å². The van der Waals surface area contributed by atoms with E-state index in [1.54, 1.807) is 18.2 Å². The maximum absolute atomic E-state index is 13.0. The first kappa shape index (κ1) is 20.1. The number of hydrogen-bond donors (Lipinski definition) is 2. The predicted molar refractivity (Wildman–Crippen MR) is 116 cm³/mol. The summed E-state index contributed by atoms with van der Waals surface area (Å²) in [7, 11) is 0. The molecule has 0 aliphatic carbocycles. The summed E-state index contributed by atoms with van der Waals surface area (Å²) in [6.45, 7) is 3.50. The van der Waals surface area contributed by atoms with Crippen LogP contribution in [0.5, 0.6) is 0 Å². The number of amides is 2. The lowest BCUT2D eigenvalue weighted by atomic mass is 10.0. The van der Waals surface area contributed by atoms with E-state index in [4.69, 9.17) is 9.47 Å². The van der Waals surface area contributed by atoms with Gasteiger partial charge in [-0.3, -0.25) is 9.59 Å². The van der Waals surface area contributed by atoms with E-state index in [0.717, 1.165) is 16.3 Å². The van der Waals surface area contributed by atoms with E-state index in [1.165, 1.54) is 0 Å². The Kier molecular flexibility index (Phi) is 6.07. The molecule has 0 bridgehead atoms. The molecule has 2 N–H and O–H groups in total. The maximum Gasteiger partial charge on any atom is 0.256 e. The second kappa shape index (κ2) is 9.07. The van der Waals surface area contributed by atoms with Crippen LogP contribution in [0.15, 0.2) is 60.7 Å². The fourth-order valence-electron chi connectivity index (χ4n) is 3.54. The van der Waals surface area contributed by atoms with Gasteiger partial charge in [-0.05, 0) is 35.9 Å². The van der Waals surface area contributed by atoms with Crippen LogP contribution in [0.2, 0.25) is 0 Å². The number of benzene rings is 3. The average molecular weight is 404 g/mol. The van der Waals surface area contributed by atoms with Gasteiger partial charge in [-0.15, -0.1) is 0 Å². The van der Waals surface area contributed by atoms with Crippen LogP contribution in [-0.4, -0.2) is 37.9 Å². The molecule has 4 rings (SSSR count). The van der Waals surface area contributed by atoms with Crippen molar-refractivity contribution < 1.29 is 19.1 Å². The topological polar surface area (TPSA) is 76.7 Å². The quantitative estimate of drug-likeness (QED) is 0.653. The van der Waals surface area contributed by atoms with Gasteiger partial charge in [0.05, 0.1) is 24.5 Å². The van der Waals surface area contributed by atoms with Crippen LogP contribution in [-0.2, 0) is 9.47 Å². The van der Waals surface area contributed by atoms with Crippen molar-refractivity contribution in [3.05, 3.63) is 77.4 Å². The van der Waals surface area contributed by atoms with E-state index >= 15 is 0 Å². The van der Waals surface area contributed by atoms with Gasteiger partial charge in [-0.2, -0.15) is 0 Å². The van der Waals surface area contributed by atoms with Crippen molar-refractivity contribution in [1.82, 2.24) is 5.32 Å². The first-order valence-corrected chi connectivity index (χ1v) is 10.0. The number of carbonyl (C=O) groups excluding carboxylic acids is 2. The van der Waals surface area contributed by atoms with Gasteiger partial charge < -0.3 is 20.1 Å². The van der Waals surface area contributed by atoms with E-state index in [9.17, 15) is 9.59 Å². The van der Waals surface area contributed by atoms with Crippen molar-refractivity contribution >= 4 is 28.3 Å². The molecule has 6 heteroatoms. The molecular weight excluding hydrogens is 380 g/mol. The first-order chi connectivity index (χ1) is 14.6. The van der Waals surface area contributed by atoms with Crippen molar-refractivity contribution in [3.63, 3.8) is 0 Å². The maximum atomic E-state index is 13.0. The van der Waals surface area contributed by atoms with E-state index in [2.05, 4.69) is 10.6 Å². The molecule has 0 spiro atoms. The van der Waals surface area contributed by atoms with E-state index in [-0.39, 0.29) is 18.1 Å². The van der Waals surface area contributed by atoms with Crippen molar-refractivity contribution in [2.75, 3.05) is 25.1 Å². The molecule has 0 aromatic heterocycles. The Hall–Kier alpha value is -3.22. The van der Waals surface area contributed by atoms with Gasteiger partial charge in [0.1, 0.15) is 0 Å². The molecule has 1 aliphatic rings. The second-order valence-electron chi connectivity index (χ2n) is 7.25. The van der Waals surface area contributed by atoms with Crippen LogP contribution in [0.1, 0.15) is 32.7 Å². The van der Waals surface area contributed by atoms with Crippen LogP contribution in [0, 0.1) is 6.92 Å². The summed E-state index contributed by atoms with van der Waals surface area (Å²) in [4.78, 5) is 25.8. The number of aryl methyl sites for hydroxylation is 1. The molecule has 154 valence electrons. The van der Waals surface area contributed by atoms with Gasteiger partial charge in [0, 0.05) is 18.5 Å². The molecule has 6 nitrogen and oxygen atoms in total. The molecule has 0 saturated carbocycles. The minimum absolute atomic E-state index is 0.245. The number of fused-ring (bicyclic) bond motifs is 1. The summed E-state index contributed by atoms with van der Waals surface area (Å²) in [6.07, 6.45) is 0.309. The van der Waals surface area contributed by atoms with Crippen molar-refractivity contribution in [3.8, 4) is 0 Å². The molecule has 30 heavy (non-hydrogen) atoms. The Morgan fingerprint density at radius 3 is 2.53 bits per heavy atom. The summed E-state index contributed by atoms with van der Waals surface area (Å²) in [5.74, 6) is -0.498. The fraction of sp³-hybridized carbons (Fsp3) is 0.250. The summed E-state index contributed by atoms with van der Waals surface area (Å²) in [5, 5.41) is 7.65. The zero-order chi connectivity index (χ0) is 20.9. The summed E-state index contributed by atoms with van der Waals surface area (Å²) >= 11 is 0. The molecule has 1 saturated heterocycles. The Morgan fingerprint density at radius 1 is 0.933 bits per heavy atom. The molecule has 0 unspecified atom stereocenters. The Bertz CT molecular complexity index is 1070. The average Bonchev–Trinajstić information content (AvgIpc) is 3.28. The third kappa shape index (κ3) is 4.50. The van der Waals surface area contributed by atoms with Gasteiger partial charge in [-0.1, -0.05) is 48.0 Å². The van der Waals surface area contributed by atoms with Crippen LogP contribution in [0.3, 0.4) is 0 Å². The van der Waals surface area contributed by atoms with E-state index in [0.29, 0.717) is 43.0 Å². The third-order valence-electron chi connectivity index (χ3n) is 5.06. The number of rotatable bonds is 6. The summed E-state index contributed by atoms with van der Waals surface area (Å²) in [5.41, 5.74) is 2.41. The Morgan fingerprint density at radius 2 is 1.70 bits per heavy atom. The number of carbonyl (C=O) groups is 2. The second-order valence-corrected chi connectivity index (χ2v) is 7.25. The molecule has 3 aromatic carbocycles. The van der Waals surface area contributed by atoms with Crippen LogP contribution in [0.25, 0.3) is 10.8 Å². The third-order valence-corrected chi connectivity index (χ3v) is 5.06. The lowest BCUT2D eigenvalue weighted by molar-refractivity contribution is -0.0455. The molecule has 3 aromatic rings. The molecule has 1 fully saturated rings. The number of ether oxygens (including phenoxy) is 2. The van der Waals surface area contributed by atoms with Gasteiger partial charge >= 0.3 is 0 Å². The minimum atomic E-state index is -0.270. The zero-order valence-electron chi connectivity index (χ0n) is 16.8. The van der Waals surface area contributed by atoms with Gasteiger partial charge in [0.15, 0.2) is 6.29 Å². The molecule has 0 atom stereocenters. The number of anilines is 1. The Balaban J connectivity index is 1.51. The van der Waals surface area contributed by atoms with Gasteiger partial charge in [0.25, 0.3) is 11.8 Å². The van der Waals surface area contributed by atoms with E-state index in [1.807, 2.05) is 49.4 Å². The monoisotopic (exact) mass is 404 g/mol. The molecule has 1 heterocycles. The first-order valence-electron chi connectivity index (χ1n) is 10.0. The van der Waals surface area contributed by atoms with Crippen LogP contribution in [0.4, 0.5) is 5.69 Å². The van der Waals surface area contributed by atoms with Gasteiger partial charge in [-0.25, -0.2) is 0 Å². The highest BCUT2D eigenvalue weighted by atomic mass is 16.7. The lowest BCUT2D eigenvalue weighted by Crippen LogP contribution is -2.28. The van der Waals surface area contributed by atoms with E-state index < -0.39 is 0 Å². The largest absolute Gasteiger partial charge is 0.352 e. The van der Waals surface area contributed by atoms with Crippen molar-refractivity contribution in [2.24, 2.45) is 0 Å². The Labute approximate surface area is 175 Å². The SMILES string of the molecule is Cc1ccc(NC(=O)c2cccc3ccccc23)c(C(=O)NCCC2OCCO2)c1. The highest BCUT2D eigenvalue weighted by molar-refractivity contribution is 6.14. The summed E-state index contributed by atoms with van der Waals surface area (Å²) < 4.78 is 10.8. The zero-order valence-corrected chi connectivity index (χ0v) is 16.8. The smallest absolute Gasteiger partial charge is 0.256 e. The van der Waals surface area contributed by atoms with Crippen LogP contribution < -0.4 is 10.6 Å². The van der Waals surface area contributed by atoms with Crippen LogP contribution >= 0.6 is 0 Å². The molecule has 0 radical (unpaired) electrons. The fourth-order valence-corrected chi connectivity index (χ4v) is 3.54. The standard InChI is InChI=1S/C24H24N2O4/c1-16-9-10-21(20(15-16)23(27)25-12-11-22-29-13-14-30-22)26-24(28)19-8-4-6-17-5-2-3-7-18(17)19/h2-10,15,22H,11-14H2,1H3,(H,25,27)(H,26,28). The molecular formula is C24H24N2O4. The molecule has 1 aliphatic heterocycles. The minimum Gasteiger partial charge on any atom is -0.352 e. The van der Waals surface area contributed by atoms with Crippen molar-refractivity contribution in [1.29, 1.82) is 0 Å². The highest BCUT2D eigenvalue weighted by Gasteiger charge is 2.18.